The number of hydrogen-bond donors (Lipinski definition) is 1. The van der Waals surface area contributed by atoms with Crippen LogP contribution in [0.25, 0.3) is 0 Å². The van der Waals surface area contributed by atoms with Gasteiger partial charge in [0.2, 0.25) is 0 Å². The predicted octanol–water partition coefficient (Wildman–Crippen LogP) is 3.18. The fourth-order valence-corrected chi connectivity index (χ4v) is 2.89. The molecule has 1 aliphatic rings. The maximum absolute atomic E-state index is 12.1. The van der Waals surface area contributed by atoms with Crippen LogP contribution in [0.1, 0.15) is 31.4 Å². The molecule has 0 aromatic heterocycles. The molecular weight excluding hydrogens is 274 g/mol. The predicted molar refractivity (Wildman–Crippen MR) is 92.6 cm³/mol. The van der Waals surface area contributed by atoms with Crippen LogP contribution in [0.15, 0.2) is 18.2 Å². The summed E-state index contributed by atoms with van der Waals surface area (Å²) in [6.45, 7) is 12.8. The number of nitrogens with one attached hydrogen (secondary N) is 1. The lowest BCUT2D eigenvalue weighted by molar-refractivity contribution is 0.194. The van der Waals surface area contributed by atoms with Crippen molar-refractivity contribution in [2.45, 2.75) is 34.1 Å². The Bertz CT molecular complexity index is 505. The summed E-state index contributed by atoms with van der Waals surface area (Å²) in [4.78, 5) is 16.4. The Kier molecular flexibility index (Phi) is 5.69. The molecule has 4 nitrogen and oxygen atoms in total. The van der Waals surface area contributed by atoms with Crippen LogP contribution in [0.2, 0.25) is 0 Å². The molecule has 0 radical (unpaired) electrons. The molecule has 1 aliphatic heterocycles. The number of piperazine rings is 1. The SMILES string of the molecule is Cc1ccc(N2CCN(C(=O)NCCC(C)C)CC2)c(C)c1. The fourth-order valence-electron chi connectivity index (χ4n) is 2.89. The smallest absolute Gasteiger partial charge is 0.317 e. The summed E-state index contributed by atoms with van der Waals surface area (Å²) in [6, 6.07) is 6.66. The Hall–Kier alpha value is -1.71. The normalized spacial score (nSPS) is 15.3. The first kappa shape index (κ1) is 16.7. The largest absolute Gasteiger partial charge is 0.368 e. The minimum Gasteiger partial charge on any atom is -0.368 e. The number of rotatable bonds is 4. The van der Waals surface area contributed by atoms with Crippen LogP contribution in [0.5, 0.6) is 0 Å². The first-order chi connectivity index (χ1) is 10.5. The summed E-state index contributed by atoms with van der Waals surface area (Å²) in [5, 5.41) is 3.03. The highest BCUT2D eigenvalue weighted by Gasteiger charge is 2.21. The van der Waals surface area contributed by atoms with Gasteiger partial charge in [0.1, 0.15) is 0 Å². The molecule has 1 saturated heterocycles. The Morgan fingerprint density at radius 2 is 1.86 bits per heavy atom. The van der Waals surface area contributed by atoms with Crippen molar-refractivity contribution >= 4 is 11.7 Å². The van der Waals surface area contributed by atoms with Crippen molar-refractivity contribution in [1.29, 1.82) is 0 Å². The highest BCUT2D eigenvalue weighted by molar-refractivity contribution is 5.74. The number of hydrogen-bond acceptors (Lipinski definition) is 2. The molecule has 1 aromatic carbocycles. The standard InChI is InChI=1S/C18H29N3O/c1-14(2)7-8-19-18(22)21-11-9-20(10-12-21)17-6-5-15(3)13-16(17)4/h5-6,13-14H,7-12H2,1-4H3,(H,19,22). The zero-order valence-electron chi connectivity index (χ0n) is 14.4. The summed E-state index contributed by atoms with van der Waals surface area (Å²) in [5.41, 5.74) is 3.91. The van der Waals surface area contributed by atoms with Crippen LogP contribution < -0.4 is 10.2 Å². The number of amides is 2. The molecule has 1 heterocycles. The third kappa shape index (κ3) is 4.39. The molecule has 1 fully saturated rings. The molecule has 0 bridgehead atoms. The number of aryl methyl sites for hydroxylation is 2. The third-order valence-corrected chi connectivity index (χ3v) is 4.26. The first-order valence-electron chi connectivity index (χ1n) is 8.32. The molecule has 0 aliphatic carbocycles. The monoisotopic (exact) mass is 303 g/mol. The minimum absolute atomic E-state index is 0.0842. The molecule has 1 aromatic rings. The van der Waals surface area contributed by atoms with E-state index >= 15 is 0 Å². The van der Waals surface area contributed by atoms with Gasteiger partial charge >= 0.3 is 6.03 Å². The number of carbonyl (C=O) groups excluding carboxylic acids is 1. The van der Waals surface area contributed by atoms with Crippen molar-refractivity contribution < 1.29 is 4.79 Å². The molecular formula is C18H29N3O. The number of nitrogens with zero attached hydrogens (tertiary/aromatic N) is 2. The van der Waals surface area contributed by atoms with Gasteiger partial charge in [-0.15, -0.1) is 0 Å². The van der Waals surface area contributed by atoms with E-state index in [0.717, 1.165) is 39.1 Å². The number of carbonyl (C=O) groups is 1. The fraction of sp³-hybridized carbons (Fsp3) is 0.611. The van der Waals surface area contributed by atoms with Gasteiger partial charge < -0.3 is 15.1 Å². The van der Waals surface area contributed by atoms with Gasteiger partial charge in [0.05, 0.1) is 0 Å². The maximum Gasteiger partial charge on any atom is 0.317 e. The zero-order valence-corrected chi connectivity index (χ0v) is 14.4. The van der Waals surface area contributed by atoms with Gasteiger partial charge in [-0.05, 0) is 37.8 Å². The highest BCUT2D eigenvalue weighted by Crippen LogP contribution is 2.22. The Morgan fingerprint density at radius 1 is 1.18 bits per heavy atom. The number of benzene rings is 1. The lowest BCUT2D eigenvalue weighted by atomic mass is 10.1. The van der Waals surface area contributed by atoms with E-state index in [4.69, 9.17) is 0 Å². The molecule has 22 heavy (non-hydrogen) atoms. The van der Waals surface area contributed by atoms with Gasteiger partial charge in [0, 0.05) is 38.4 Å². The van der Waals surface area contributed by atoms with E-state index in [1.807, 2.05) is 4.90 Å². The van der Waals surface area contributed by atoms with Gasteiger partial charge in [0.25, 0.3) is 0 Å². The molecule has 0 spiro atoms. The Labute approximate surface area is 134 Å². The van der Waals surface area contributed by atoms with Gasteiger partial charge in [-0.2, -0.15) is 0 Å². The molecule has 122 valence electrons. The summed E-state index contributed by atoms with van der Waals surface area (Å²) in [7, 11) is 0. The second kappa shape index (κ2) is 7.52. The molecule has 1 N–H and O–H groups in total. The Morgan fingerprint density at radius 3 is 2.45 bits per heavy atom. The van der Waals surface area contributed by atoms with Crippen molar-refractivity contribution in [3.63, 3.8) is 0 Å². The Balaban J connectivity index is 1.83. The number of urea groups is 1. The van der Waals surface area contributed by atoms with Crippen LogP contribution >= 0.6 is 0 Å². The van der Waals surface area contributed by atoms with E-state index in [-0.39, 0.29) is 6.03 Å². The van der Waals surface area contributed by atoms with Gasteiger partial charge in [0.15, 0.2) is 0 Å². The molecule has 0 unspecified atom stereocenters. The van der Waals surface area contributed by atoms with Crippen LogP contribution in [0.3, 0.4) is 0 Å². The summed E-state index contributed by atoms with van der Waals surface area (Å²) in [6.07, 6.45) is 1.04. The van der Waals surface area contributed by atoms with Gasteiger partial charge in [-0.25, -0.2) is 4.79 Å². The lowest BCUT2D eigenvalue weighted by Crippen LogP contribution is -2.52. The number of anilines is 1. The second-order valence-electron chi connectivity index (χ2n) is 6.68. The van der Waals surface area contributed by atoms with Crippen LogP contribution in [-0.2, 0) is 0 Å². The van der Waals surface area contributed by atoms with Crippen LogP contribution in [0.4, 0.5) is 10.5 Å². The van der Waals surface area contributed by atoms with E-state index in [9.17, 15) is 4.79 Å². The molecule has 4 heteroatoms. The van der Waals surface area contributed by atoms with Crippen LogP contribution in [0, 0.1) is 19.8 Å². The first-order valence-corrected chi connectivity index (χ1v) is 8.32. The lowest BCUT2D eigenvalue weighted by Gasteiger charge is -2.36. The average Bonchev–Trinajstić information content (AvgIpc) is 2.47. The maximum atomic E-state index is 12.1. The van der Waals surface area contributed by atoms with Crippen molar-refractivity contribution in [2.24, 2.45) is 5.92 Å². The van der Waals surface area contributed by atoms with E-state index < -0.39 is 0 Å². The van der Waals surface area contributed by atoms with Crippen molar-refractivity contribution in [3.05, 3.63) is 29.3 Å². The van der Waals surface area contributed by atoms with Gasteiger partial charge in [-0.3, -0.25) is 0 Å². The van der Waals surface area contributed by atoms with Crippen molar-refractivity contribution in [3.8, 4) is 0 Å². The molecule has 2 rings (SSSR count). The second-order valence-corrected chi connectivity index (χ2v) is 6.68. The minimum atomic E-state index is 0.0842. The van der Waals surface area contributed by atoms with E-state index in [1.165, 1.54) is 16.8 Å². The third-order valence-electron chi connectivity index (χ3n) is 4.26. The topological polar surface area (TPSA) is 35.6 Å². The zero-order chi connectivity index (χ0) is 16.1. The summed E-state index contributed by atoms with van der Waals surface area (Å²) >= 11 is 0. The van der Waals surface area contributed by atoms with Gasteiger partial charge in [-0.1, -0.05) is 31.5 Å². The van der Waals surface area contributed by atoms with E-state index in [0.29, 0.717) is 5.92 Å². The summed E-state index contributed by atoms with van der Waals surface area (Å²) in [5.74, 6) is 0.627. The van der Waals surface area contributed by atoms with Crippen molar-refractivity contribution in [2.75, 3.05) is 37.6 Å². The van der Waals surface area contributed by atoms with Crippen LogP contribution in [-0.4, -0.2) is 43.7 Å². The summed E-state index contributed by atoms with van der Waals surface area (Å²) < 4.78 is 0. The molecule has 0 saturated carbocycles. The highest BCUT2D eigenvalue weighted by atomic mass is 16.2. The molecule has 2 amide bonds. The quantitative estimate of drug-likeness (QED) is 0.927. The van der Waals surface area contributed by atoms with Crippen molar-refractivity contribution in [1.82, 2.24) is 10.2 Å². The van der Waals surface area contributed by atoms with E-state index in [1.54, 1.807) is 0 Å². The van der Waals surface area contributed by atoms with E-state index in [2.05, 4.69) is 56.1 Å². The molecule has 0 atom stereocenters. The average molecular weight is 303 g/mol.